The quantitative estimate of drug-likeness (QED) is 0.858. The second-order valence-electron chi connectivity index (χ2n) is 5.48. The van der Waals surface area contributed by atoms with Crippen LogP contribution in [0.4, 0.5) is 5.69 Å². The molecule has 0 spiro atoms. The van der Waals surface area contributed by atoms with Gasteiger partial charge < -0.3 is 9.64 Å². The molecule has 5 nitrogen and oxygen atoms in total. The number of ether oxygens (including phenoxy) is 1. The molecule has 2 heterocycles. The number of nitrogens with zero attached hydrogens (tertiary/aromatic N) is 1. The molecule has 0 atom stereocenters. The zero-order valence-electron chi connectivity index (χ0n) is 12.3. The summed E-state index contributed by atoms with van der Waals surface area (Å²) in [6.45, 7) is 4.99. The smallest absolute Gasteiger partial charge is 0.261 e. The van der Waals surface area contributed by atoms with E-state index >= 15 is 0 Å². The summed E-state index contributed by atoms with van der Waals surface area (Å²) in [5.41, 5.74) is 3.15. The molecule has 0 saturated carbocycles. The lowest BCUT2D eigenvalue weighted by Crippen LogP contribution is -2.38. The Morgan fingerprint density at radius 1 is 1.19 bits per heavy atom. The van der Waals surface area contributed by atoms with Crippen molar-refractivity contribution in [2.75, 3.05) is 31.2 Å². The van der Waals surface area contributed by atoms with Gasteiger partial charge in [0.15, 0.2) is 0 Å². The Balaban J connectivity index is 2.07. The number of benzene rings is 1. The van der Waals surface area contributed by atoms with Crippen molar-refractivity contribution < 1.29 is 14.3 Å². The van der Waals surface area contributed by atoms with Gasteiger partial charge in [-0.2, -0.15) is 0 Å². The standard InChI is InChI=1S/C16H20N2O3/c1-2-3-4-11-5-6-12-13(16(20)17-15(12)19)14(11)18-7-9-21-10-8-18/h5-6H,2-4,7-10H2,1H3,(H,17,19,20). The van der Waals surface area contributed by atoms with Crippen LogP contribution in [0.25, 0.3) is 0 Å². The first-order valence-corrected chi connectivity index (χ1v) is 7.56. The Labute approximate surface area is 124 Å². The highest BCUT2D eigenvalue weighted by Gasteiger charge is 2.33. The highest BCUT2D eigenvalue weighted by atomic mass is 16.5. The Hall–Kier alpha value is -1.88. The number of fused-ring (bicyclic) bond motifs is 1. The molecule has 1 N–H and O–H groups in total. The fourth-order valence-electron chi connectivity index (χ4n) is 3.00. The molecular weight excluding hydrogens is 268 g/mol. The molecule has 0 unspecified atom stereocenters. The number of carbonyl (C=O) groups excluding carboxylic acids is 2. The van der Waals surface area contributed by atoms with Gasteiger partial charge in [0.05, 0.1) is 30.0 Å². The lowest BCUT2D eigenvalue weighted by Gasteiger charge is -2.32. The lowest BCUT2D eigenvalue weighted by molar-refractivity contribution is 0.0879. The van der Waals surface area contributed by atoms with E-state index in [4.69, 9.17) is 4.74 Å². The number of unbranched alkanes of at least 4 members (excludes halogenated alkanes) is 1. The summed E-state index contributed by atoms with van der Waals surface area (Å²) in [5, 5.41) is 2.41. The van der Waals surface area contributed by atoms with Gasteiger partial charge in [-0.1, -0.05) is 19.4 Å². The summed E-state index contributed by atoms with van der Waals surface area (Å²) in [7, 11) is 0. The van der Waals surface area contributed by atoms with Gasteiger partial charge in [0, 0.05) is 13.1 Å². The van der Waals surface area contributed by atoms with Gasteiger partial charge in [-0.3, -0.25) is 14.9 Å². The minimum Gasteiger partial charge on any atom is -0.378 e. The van der Waals surface area contributed by atoms with Crippen LogP contribution in [-0.2, 0) is 11.2 Å². The van der Waals surface area contributed by atoms with Crippen molar-refractivity contribution in [1.82, 2.24) is 5.32 Å². The number of rotatable bonds is 4. The van der Waals surface area contributed by atoms with E-state index in [0.29, 0.717) is 24.3 Å². The first-order chi connectivity index (χ1) is 10.2. The van der Waals surface area contributed by atoms with Crippen molar-refractivity contribution >= 4 is 17.5 Å². The van der Waals surface area contributed by atoms with Crippen molar-refractivity contribution in [2.45, 2.75) is 26.2 Å². The molecular formula is C16H20N2O3. The molecule has 21 heavy (non-hydrogen) atoms. The van der Waals surface area contributed by atoms with Crippen LogP contribution in [0.1, 0.15) is 46.0 Å². The van der Waals surface area contributed by atoms with Crippen molar-refractivity contribution in [3.8, 4) is 0 Å². The van der Waals surface area contributed by atoms with E-state index in [9.17, 15) is 9.59 Å². The van der Waals surface area contributed by atoms with Gasteiger partial charge in [-0.15, -0.1) is 0 Å². The maximum atomic E-state index is 12.2. The zero-order chi connectivity index (χ0) is 14.8. The predicted octanol–water partition coefficient (Wildman–Crippen LogP) is 1.75. The normalized spacial score (nSPS) is 17.9. The van der Waals surface area contributed by atoms with Gasteiger partial charge >= 0.3 is 0 Å². The maximum absolute atomic E-state index is 12.2. The van der Waals surface area contributed by atoms with Gasteiger partial charge in [0.2, 0.25) is 0 Å². The van der Waals surface area contributed by atoms with E-state index in [1.54, 1.807) is 6.07 Å². The van der Waals surface area contributed by atoms with E-state index in [0.717, 1.165) is 43.6 Å². The van der Waals surface area contributed by atoms with E-state index in [2.05, 4.69) is 17.1 Å². The number of anilines is 1. The van der Waals surface area contributed by atoms with Crippen LogP contribution in [0.2, 0.25) is 0 Å². The van der Waals surface area contributed by atoms with Crippen LogP contribution >= 0.6 is 0 Å². The number of hydrogen-bond acceptors (Lipinski definition) is 4. The van der Waals surface area contributed by atoms with E-state index in [1.165, 1.54) is 0 Å². The minimum atomic E-state index is -0.286. The maximum Gasteiger partial charge on any atom is 0.261 e. The molecule has 1 saturated heterocycles. The fraction of sp³-hybridized carbons (Fsp3) is 0.500. The van der Waals surface area contributed by atoms with Crippen molar-refractivity contribution in [2.24, 2.45) is 0 Å². The number of carbonyl (C=O) groups is 2. The topological polar surface area (TPSA) is 58.6 Å². The fourth-order valence-corrected chi connectivity index (χ4v) is 3.00. The zero-order valence-corrected chi connectivity index (χ0v) is 12.3. The molecule has 0 radical (unpaired) electrons. The van der Waals surface area contributed by atoms with Gasteiger partial charge in [-0.05, 0) is 24.5 Å². The monoisotopic (exact) mass is 288 g/mol. The number of morpholine rings is 1. The molecule has 1 aromatic rings. The number of hydrogen-bond donors (Lipinski definition) is 1. The largest absolute Gasteiger partial charge is 0.378 e. The van der Waals surface area contributed by atoms with Crippen LogP contribution in [-0.4, -0.2) is 38.1 Å². The summed E-state index contributed by atoms with van der Waals surface area (Å²) >= 11 is 0. The predicted molar refractivity (Wildman–Crippen MR) is 79.9 cm³/mol. The average Bonchev–Trinajstić information content (AvgIpc) is 2.80. The molecule has 2 aliphatic rings. The van der Waals surface area contributed by atoms with Crippen molar-refractivity contribution in [1.29, 1.82) is 0 Å². The summed E-state index contributed by atoms with van der Waals surface area (Å²) < 4.78 is 5.40. The Bertz CT molecular complexity index is 577. The van der Waals surface area contributed by atoms with Crippen LogP contribution in [0.15, 0.2) is 12.1 Å². The molecule has 1 fully saturated rings. The Kier molecular flexibility index (Phi) is 3.92. The molecule has 0 aromatic heterocycles. The SMILES string of the molecule is CCCCc1ccc2c(c1N1CCOCC1)C(=O)NC2=O. The van der Waals surface area contributed by atoms with Crippen LogP contribution in [0.3, 0.4) is 0 Å². The Morgan fingerprint density at radius 2 is 1.95 bits per heavy atom. The molecule has 112 valence electrons. The molecule has 3 rings (SSSR count). The number of imide groups is 1. The highest BCUT2D eigenvalue weighted by molar-refractivity contribution is 6.24. The molecule has 0 aliphatic carbocycles. The molecule has 1 aromatic carbocycles. The highest BCUT2D eigenvalue weighted by Crippen LogP contribution is 2.33. The van der Waals surface area contributed by atoms with Gasteiger partial charge in [0.25, 0.3) is 11.8 Å². The van der Waals surface area contributed by atoms with E-state index < -0.39 is 0 Å². The first-order valence-electron chi connectivity index (χ1n) is 7.56. The molecule has 2 aliphatic heterocycles. The number of amides is 2. The third-order valence-corrected chi connectivity index (χ3v) is 4.09. The van der Waals surface area contributed by atoms with E-state index in [1.807, 2.05) is 6.07 Å². The van der Waals surface area contributed by atoms with Crippen molar-refractivity contribution in [3.63, 3.8) is 0 Å². The lowest BCUT2D eigenvalue weighted by atomic mass is 9.97. The average molecular weight is 288 g/mol. The third kappa shape index (κ3) is 2.53. The molecule has 0 bridgehead atoms. The molecule has 2 amide bonds. The summed E-state index contributed by atoms with van der Waals surface area (Å²) in [5.74, 6) is -0.554. The van der Waals surface area contributed by atoms with Crippen LogP contribution in [0.5, 0.6) is 0 Å². The van der Waals surface area contributed by atoms with Gasteiger partial charge in [-0.25, -0.2) is 0 Å². The molecule has 5 heteroatoms. The Morgan fingerprint density at radius 3 is 2.67 bits per heavy atom. The summed E-state index contributed by atoms with van der Waals surface area (Å²) in [6.07, 6.45) is 3.11. The first kappa shape index (κ1) is 14.1. The summed E-state index contributed by atoms with van der Waals surface area (Å²) in [4.78, 5) is 26.2. The number of nitrogens with one attached hydrogen (secondary N) is 1. The van der Waals surface area contributed by atoms with Crippen molar-refractivity contribution in [3.05, 3.63) is 28.8 Å². The summed E-state index contributed by atoms with van der Waals surface area (Å²) in [6, 6.07) is 3.78. The third-order valence-electron chi connectivity index (χ3n) is 4.09. The van der Waals surface area contributed by atoms with Gasteiger partial charge in [0.1, 0.15) is 0 Å². The minimum absolute atomic E-state index is 0.269. The van der Waals surface area contributed by atoms with Crippen LogP contribution < -0.4 is 10.2 Å². The van der Waals surface area contributed by atoms with E-state index in [-0.39, 0.29) is 11.8 Å². The van der Waals surface area contributed by atoms with Crippen LogP contribution in [0, 0.1) is 0 Å². The second-order valence-corrected chi connectivity index (χ2v) is 5.48. The number of aryl methyl sites for hydroxylation is 1. The second kappa shape index (κ2) is 5.85.